The average molecular weight is 436 g/mol. The Labute approximate surface area is 192 Å². The van der Waals surface area contributed by atoms with Gasteiger partial charge < -0.3 is 14.6 Å². The number of anilines is 1. The van der Waals surface area contributed by atoms with Gasteiger partial charge in [-0.1, -0.05) is 31.0 Å². The molecule has 3 aliphatic rings. The summed E-state index contributed by atoms with van der Waals surface area (Å²) >= 11 is 0. The molecule has 2 aliphatic heterocycles. The molecule has 0 atom stereocenters. The molecule has 1 aliphatic carbocycles. The number of guanidine groups is 1. The maximum absolute atomic E-state index is 5.78. The van der Waals surface area contributed by atoms with E-state index in [1.807, 2.05) is 20.9 Å². The second-order valence-corrected chi connectivity index (χ2v) is 9.99. The number of fused-ring (bicyclic) bond motifs is 2. The molecule has 1 N–H and O–H groups in total. The normalized spacial score (nSPS) is 21.5. The highest BCUT2D eigenvalue weighted by Crippen LogP contribution is 2.50. The lowest BCUT2D eigenvalue weighted by Crippen LogP contribution is -2.46. The Balaban J connectivity index is 1.17. The summed E-state index contributed by atoms with van der Waals surface area (Å²) in [5, 5.41) is 3.73. The third kappa shape index (κ3) is 4.05. The molecule has 6 heteroatoms. The first-order chi connectivity index (χ1) is 15.6. The number of aryl methyl sites for hydroxylation is 2. The monoisotopic (exact) mass is 435 g/mol. The smallest absolute Gasteiger partial charge is 0.208 e. The molecule has 5 rings (SSSR count). The number of hydrogen-bond acceptors (Lipinski definition) is 4. The van der Waals surface area contributed by atoms with E-state index < -0.39 is 0 Å². The van der Waals surface area contributed by atoms with E-state index in [1.165, 1.54) is 49.8 Å². The molecule has 3 heterocycles. The minimum Gasteiger partial charge on any atom is -0.444 e. The van der Waals surface area contributed by atoms with Crippen LogP contribution in [0, 0.1) is 19.8 Å². The summed E-state index contributed by atoms with van der Waals surface area (Å²) in [5.41, 5.74) is 4.23. The third-order valence-corrected chi connectivity index (χ3v) is 7.94. The van der Waals surface area contributed by atoms with Gasteiger partial charge in [-0.05, 0) is 70.2 Å². The van der Waals surface area contributed by atoms with Crippen LogP contribution in [0.1, 0.15) is 61.4 Å². The van der Waals surface area contributed by atoms with Crippen molar-refractivity contribution in [3.05, 3.63) is 47.2 Å². The molecule has 1 aromatic heterocycles. The summed E-state index contributed by atoms with van der Waals surface area (Å²) < 4.78 is 5.78. The van der Waals surface area contributed by atoms with E-state index in [9.17, 15) is 0 Å². The molecular formula is C26H37N5O. The molecule has 172 valence electrons. The molecule has 2 fully saturated rings. The van der Waals surface area contributed by atoms with Crippen LogP contribution >= 0.6 is 0 Å². The average Bonchev–Trinajstić information content (AvgIpc) is 3.50. The third-order valence-electron chi connectivity index (χ3n) is 7.94. The number of rotatable bonds is 4. The molecule has 0 radical (unpaired) electrons. The van der Waals surface area contributed by atoms with E-state index >= 15 is 0 Å². The zero-order valence-electron chi connectivity index (χ0n) is 19.9. The van der Waals surface area contributed by atoms with Crippen LogP contribution in [0.4, 0.5) is 5.69 Å². The van der Waals surface area contributed by atoms with Crippen LogP contribution in [-0.4, -0.2) is 49.1 Å². The van der Waals surface area contributed by atoms with Crippen molar-refractivity contribution in [2.45, 2.75) is 64.3 Å². The number of aromatic nitrogens is 1. The van der Waals surface area contributed by atoms with Gasteiger partial charge in [0, 0.05) is 31.2 Å². The van der Waals surface area contributed by atoms with Crippen molar-refractivity contribution in [3.63, 3.8) is 0 Å². The molecule has 32 heavy (non-hydrogen) atoms. The van der Waals surface area contributed by atoms with Crippen molar-refractivity contribution in [1.29, 1.82) is 0 Å². The standard InChI is InChI=1S/C26H37N5O/c1-19-20(2)32-24(29-19)17-30-14-10-21(11-15-30)16-28-25(27-3)31-18-26(12-6-7-13-26)22-8-4-5-9-23(22)31/h4-5,8-9,21H,6-7,10-18H2,1-3H3,(H,27,28). The number of aliphatic imine (C=N–C) groups is 1. The quantitative estimate of drug-likeness (QED) is 0.569. The first-order valence-corrected chi connectivity index (χ1v) is 12.3. The van der Waals surface area contributed by atoms with Gasteiger partial charge in [-0.15, -0.1) is 0 Å². The first-order valence-electron chi connectivity index (χ1n) is 12.3. The highest BCUT2D eigenvalue weighted by molar-refractivity contribution is 5.98. The van der Waals surface area contributed by atoms with E-state index in [0.717, 1.165) is 56.0 Å². The molecular weight excluding hydrogens is 398 g/mol. The van der Waals surface area contributed by atoms with E-state index in [4.69, 9.17) is 4.42 Å². The van der Waals surface area contributed by atoms with Crippen molar-refractivity contribution >= 4 is 11.6 Å². The Morgan fingerprint density at radius 1 is 1.19 bits per heavy atom. The van der Waals surface area contributed by atoms with Crippen LogP contribution in [0.3, 0.4) is 0 Å². The van der Waals surface area contributed by atoms with Gasteiger partial charge in [0.2, 0.25) is 5.89 Å². The molecule has 0 amide bonds. The van der Waals surface area contributed by atoms with Crippen LogP contribution in [0.5, 0.6) is 0 Å². The van der Waals surface area contributed by atoms with Crippen LogP contribution in [0.2, 0.25) is 0 Å². The number of nitrogens with one attached hydrogen (secondary N) is 1. The summed E-state index contributed by atoms with van der Waals surface area (Å²) in [7, 11) is 1.92. The Bertz CT molecular complexity index is 947. The van der Waals surface area contributed by atoms with Crippen LogP contribution in [0.25, 0.3) is 0 Å². The maximum atomic E-state index is 5.78. The predicted molar refractivity (Wildman–Crippen MR) is 129 cm³/mol. The molecule has 1 spiro atoms. The van der Waals surface area contributed by atoms with Gasteiger partial charge in [-0.2, -0.15) is 0 Å². The summed E-state index contributed by atoms with van der Waals surface area (Å²) in [6.45, 7) is 9.08. The zero-order chi connectivity index (χ0) is 22.1. The number of hydrogen-bond donors (Lipinski definition) is 1. The Morgan fingerprint density at radius 3 is 2.62 bits per heavy atom. The fraction of sp³-hybridized carbons (Fsp3) is 0.615. The second-order valence-electron chi connectivity index (χ2n) is 9.99. The van der Waals surface area contributed by atoms with Gasteiger partial charge in [0.1, 0.15) is 5.76 Å². The Morgan fingerprint density at radius 2 is 1.94 bits per heavy atom. The van der Waals surface area contributed by atoms with E-state index in [-0.39, 0.29) is 0 Å². The highest BCUT2D eigenvalue weighted by Gasteiger charge is 2.45. The molecule has 1 saturated carbocycles. The molecule has 1 saturated heterocycles. The van der Waals surface area contributed by atoms with Gasteiger partial charge in [-0.3, -0.25) is 9.89 Å². The summed E-state index contributed by atoms with van der Waals surface area (Å²) in [6.07, 6.45) is 7.70. The fourth-order valence-electron chi connectivity index (χ4n) is 5.98. The maximum Gasteiger partial charge on any atom is 0.208 e. The number of likely N-dealkylation sites (tertiary alicyclic amines) is 1. The lowest BCUT2D eigenvalue weighted by molar-refractivity contribution is 0.164. The highest BCUT2D eigenvalue weighted by atomic mass is 16.4. The van der Waals surface area contributed by atoms with Crippen molar-refractivity contribution in [2.24, 2.45) is 10.9 Å². The van der Waals surface area contributed by atoms with Crippen molar-refractivity contribution in [1.82, 2.24) is 15.2 Å². The van der Waals surface area contributed by atoms with Crippen LogP contribution < -0.4 is 10.2 Å². The first kappa shape index (κ1) is 21.5. The lowest BCUT2D eigenvalue weighted by atomic mass is 9.81. The SMILES string of the molecule is CN=C(NCC1CCN(Cc2nc(C)c(C)o2)CC1)N1CC2(CCCC2)c2ccccc21. The van der Waals surface area contributed by atoms with Crippen molar-refractivity contribution < 1.29 is 4.42 Å². The number of oxazole rings is 1. The molecule has 6 nitrogen and oxygen atoms in total. The van der Waals surface area contributed by atoms with Gasteiger partial charge in [0.05, 0.1) is 12.2 Å². The van der Waals surface area contributed by atoms with Crippen molar-refractivity contribution in [2.75, 3.05) is 38.1 Å². The summed E-state index contributed by atoms with van der Waals surface area (Å²) in [6, 6.07) is 8.99. The van der Waals surface area contributed by atoms with Gasteiger partial charge in [0.25, 0.3) is 0 Å². The predicted octanol–water partition coefficient (Wildman–Crippen LogP) is 4.41. The lowest BCUT2D eigenvalue weighted by Gasteiger charge is -2.32. The van der Waals surface area contributed by atoms with Gasteiger partial charge in [0.15, 0.2) is 5.96 Å². The van der Waals surface area contributed by atoms with Crippen LogP contribution in [0.15, 0.2) is 33.7 Å². The van der Waals surface area contributed by atoms with E-state index in [2.05, 4.69) is 49.4 Å². The second kappa shape index (κ2) is 8.89. The molecule has 0 unspecified atom stereocenters. The number of para-hydroxylation sites is 1. The van der Waals surface area contributed by atoms with E-state index in [1.54, 1.807) is 0 Å². The zero-order valence-corrected chi connectivity index (χ0v) is 19.9. The van der Waals surface area contributed by atoms with E-state index in [0.29, 0.717) is 11.3 Å². The fourth-order valence-corrected chi connectivity index (χ4v) is 5.98. The number of piperidine rings is 1. The molecule has 1 aromatic carbocycles. The number of nitrogens with zero attached hydrogens (tertiary/aromatic N) is 4. The summed E-state index contributed by atoms with van der Waals surface area (Å²) in [5.74, 6) is 3.50. The van der Waals surface area contributed by atoms with Crippen LogP contribution in [-0.2, 0) is 12.0 Å². The number of benzene rings is 1. The van der Waals surface area contributed by atoms with Crippen molar-refractivity contribution in [3.8, 4) is 0 Å². The Hall–Kier alpha value is -2.34. The minimum absolute atomic E-state index is 0.330. The van der Waals surface area contributed by atoms with Gasteiger partial charge >= 0.3 is 0 Å². The topological polar surface area (TPSA) is 56.9 Å². The summed E-state index contributed by atoms with van der Waals surface area (Å²) in [4.78, 5) is 14.2. The van der Waals surface area contributed by atoms with Gasteiger partial charge in [-0.25, -0.2) is 4.98 Å². The minimum atomic E-state index is 0.330. The molecule has 2 aromatic rings. The largest absolute Gasteiger partial charge is 0.444 e. The Kier molecular flexibility index (Phi) is 5.97. The molecule has 0 bridgehead atoms.